The molecule has 2 fully saturated rings. The zero-order valence-corrected chi connectivity index (χ0v) is 12.6. The van der Waals surface area contributed by atoms with Crippen molar-refractivity contribution in [1.82, 2.24) is 4.90 Å². The highest BCUT2D eigenvalue weighted by Crippen LogP contribution is 2.45. The van der Waals surface area contributed by atoms with Crippen LogP contribution < -0.4 is 0 Å². The van der Waals surface area contributed by atoms with Gasteiger partial charge in [-0.1, -0.05) is 30.3 Å². The quantitative estimate of drug-likeness (QED) is 0.799. The third-order valence-electron chi connectivity index (χ3n) is 4.94. The maximum Gasteiger partial charge on any atom is 0.310 e. The number of hydrogen-bond donors (Lipinski definition) is 0. The molecule has 2 heterocycles. The lowest BCUT2D eigenvalue weighted by molar-refractivity contribution is -0.150. The summed E-state index contributed by atoms with van der Waals surface area (Å²) in [6.07, 6.45) is 1.91. The van der Waals surface area contributed by atoms with E-state index in [9.17, 15) is 4.79 Å². The van der Waals surface area contributed by atoms with E-state index in [2.05, 4.69) is 29.2 Å². The van der Waals surface area contributed by atoms with Gasteiger partial charge in [0.25, 0.3) is 0 Å². The molecule has 1 aromatic rings. The molecule has 2 aliphatic heterocycles. The Morgan fingerprint density at radius 3 is 2.71 bits per heavy atom. The maximum absolute atomic E-state index is 12.2. The van der Waals surface area contributed by atoms with Gasteiger partial charge in [-0.2, -0.15) is 0 Å². The fourth-order valence-corrected chi connectivity index (χ4v) is 3.79. The molecule has 1 unspecified atom stereocenters. The Morgan fingerprint density at radius 2 is 2.05 bits per heavy atom. The number of esters is 1. The van der Waals surface area contributed by atoms with E-state index in [1.165, 1.54) is 12.7 Å². The van der Waals surface area contributed by atoms with Crippen molar-refractivity contribution in [3.63, 3.8) is 0 Å². The minimum atomic E-state index is -0.0625. The largest absolute Gasteiger partial charge is 0.469 e. The summed E-state index contributed by atoms with van der Waals surface area (Å²) in [5.74, 6) is -0.0810. The first-order valence-electron chi connectivity index (χ1n) is 7.65. The highest BCUT2D eigenvalue weighted by molar-refractivity contribution is 5.74. The zero-order valence-electron chi connectivity index (χ0n) is 12.6. The lowest BCUT2D eigenvalue weighted by Gasteiger charge is -2.36. The summed E-state index contributed by atoms with van der Waals surface area (Å²) in [4.78, 5) is 14.6. The van der Waals surface area contributed by atoms with Crippen molar-refractivity contribution in [2.75, 3.05) is 33.4 Å². The molecule has 2 saturated heterocycles. The highest BCUT2D eigenvalue weighted by Gasteiger charge is 2.50. The second-order valence-electron chi connectivity index (χ2n) is 6.21. The number of methoxy groups -OCH3 is 1. The number of carbonyl (C=O) groups excluding carboxylic acids is 1. The topological polar surface area (TPSA) is 38.8 Å². The van der Waals surface area contributed by atoms with Gasteiger partial charge in [-0.25, -0.2) is 0 Å². The Balaban J connectivity index is 1.75. The summed E-state index contributed by atoms with van der Waals surface area (Å²) < 4.78 is 10.6. The summed E-state index contributed by atoms with van der Waals surface area (Å²) >= 11 is 0. The van der Waals surface area contributed by atoms with Crippen LogP contribution in [0, 0.1) is 11.3 Å². The van der Waals surface area contributed by atoms with Gasteiger partial charge in [-0.05, 0) is 18.4 Å². The summed E-state index contributed by atoms with van der Waals surface area (Å²) in [6.45, 7) is 4.17. The Kier molecular flexibility index (Phi) is 4.27. The normalized spacial score (nSPS) is 25.1. The lowest BCUT2D eigenvalue weighted by atomic mass is 9.72. The minimum absolute atomic E-state index is 0.0184. The van der Waals surface area contributed by atoms with Gasteiger partial charge < -0.3 is 9.47 Å². The van der Waals surface area contributed by atoms with Gasteiger partial charge in [0.15, 0.2) is 0 Å². The third kappa shape index (κ3) is 2.97. The first-order chi connectivity index (χ1) is 10.2. The third-order valence-corrected chi connectivity index (χ3v) is 4.94. The standard InChI is InChI=1S/C17H23NO3/c1-20-16(19)15-12-18(11-14-5-3-2-4-6-14)13-17(15)7-9-21-10-8-17/h2-6,15H,7-13H2,1H3. The number of likely N-dealkylation sites (tertiary alicyclic amines) is 1. The maximum atomic E-state index is 12.2. The van der Waals surface area contributed by atoms with Crippen LogP contribution in [0.1, 0.15) is 18.4 Å². The van der Waals surface area contributed by atoms with Gasteiger partial charge in [0.05, 0.1) is 13.0 Å². The molecule has 0 amide bonds. The Morgan fingerprint density at radius 1 is 1.33 bits per heavy atom. The highest BCUT2D eigenvalue weighted by atomic mass is 16.5. The van der Waals surface area contributed by atoms with Crippen LogP contribution in [0.3, 0.4) is 0 Å². The molecule has 0 aliphatic carbocycles. The van der Waals surface area contributed by atoms with E-state index in [1.54, 1.807) is 0 Å². The Hall–Kier alpha value is -1.39. The number of rotatable bonds is 3. The second-order valence-corrected chi connectivity index (χ2v) is 6.21. The average Bonchev–Trinajstić information content (AvgIpc) is 2.86. The minimum Gasteiger partial charge on any atom is -0.469 e. The van der Waals surface area contributed by atoms with Crippen LogP contribution in [0.15, 0.2) is 30.3 Å². The van der Waals surface area contributed by atoms with Gasteiger partial charge in [0.2, 0.25) is 0 Å². The Labute approximate surface area is 126 Å². The van der Waals surface area contributed by atoms with E-state index in [0.717, 1.165) is 45.7 Å². The van der Waals surface area contributed by atoms with E-state index >= 15 is 0 Å². The van der Waals surface area contributed by atoms with Crippen LogP contribution >= 0.6 is 0 Å². The van der Waals surface area contributed by atoms with Gasteiger partial charge in [-0.3, -0.25) is 9.69 Å². The molecule has 1 atom stereocenters. The van der Waals surface area contributed by atoms with Crippen LogP contribution in [0.2, 0.25) is 0 Å². The molecule has 0 radical (unpaired) electrons. The molecule has 21 heavy (non-hydrogen) atoms. The summed E-state index contributed by atoms with van der Waals surface area (Å²) in [6, 6.07) is 10.4. The van der Waals surface area contributed by atoms with Crippen molar-refractivity contribution in [3.8, 4) is 0 Å². The Bertz CT molecular complexity index is 482. The number of carbonyl (C=O) groups is 1. The number of benzene rings is 1. The van der Waals surface area contributed by atoms with E-state index in [1.807, 2.05) is 6.07 Å². The van der Waals surface area contributed by atoms with Crippen LogP contribution in [0.5, 0.6) is 0 Å². The molecule has 2 aliphatic rings. The SMILES string of the molecule is COC(=O)C1CN(Cc2ccccc2)CC12CCOCC2. The van der Waals surface area contributed by atoms with Gasteiger partial charge in [0, 0.05) is 38.3 Å². The van der Waals surface area contributed by atoms with Crippen molar-refractivity contribution in [1.29, 1.82) is 0 Å². The molecule has 1 aromatic carbocycles. The summed E-state index contributed by atoms with van der Waals surface area (Å²) in [5.41, 5.74) is 1.34. The van der Waals surface area contributed by atoms with E-state index in [-0.39, 0.29) is 17.3 Å². The number of ether oxygens (including phenoxy) is 2. The van der Waals surface area contributed by atoms with Crippen molar-refractivity contribution in [3.05, 3.63) is 35.9 Å². The first kappa shape index (κ1) is 14.5. The van der Waals surface area contributed by atoms with Crippen molar-refractivity contribution >= 4 is 5.97 Å². The monoisotopic (exact) mass is 289 g/mol. The average molecular weight is 289 g/mol. The van der Waals surface area contributed by atoms with E-state index < -0.39 is 0 Å². The molecular weight excluding hydrogens is 266 g/mol. The predicted molar refractivity (Wildman–Crippen MR) is 79.7 cm³/mol. The molecule has 0 saturated carbocycles. The van der Waals surface area contributed by atoms with Crippen molar-refractivity contribution in [2.24, 2.45) is 11.3 Å². The number of nitrogens with zero attached hydrogens (tertiary/aromatic N) is 1. The molecule has 4 nitrogen and oxygen atoms in total. The fraction of sp³-hybridized carbons (Fsp3) is 0.588. The summed E-state index contributed by atoms with van der Waals surface area (Å²) in [7, 11) is 1.50. The molecule has 114 valence electrons. The van der Waals surface area contributed by atoms with E-state index in [4.69, 9.17) is 9.47 Å². The summed E-state index contributed by atoms with van der Waals surface area (Å²) in [5, 5.41) is 0. The molecule has 3 rings (SSSR count). The fourth-order valence-electron chi connectivity index (χ4n) is 3.79. The lowest BCUT2D eigenvalue weighted by Crippen LogP contribution is -2.40. The molecule has 1 spiro atoms. The smallest absolute Gasteiger partial charge is 0.310 e. The molecule has 0 aromatic heterocycles. The molecular formula is C17H23NO3. The van der Waals surface area contributed by atoms with Crippen molar-refractivity contribution < 1.29 is 14.3 Å². The van der Waals surface area contributed by atoms with E-state index in [0.29, 0.717) is 0 Å². The first-order valence-corrected chi connectivity index (χ1v) is 7.65. The van der Waals surface area contributed by atoms with Crippen molar-refractivity contribution in [2.45, 2.75) is 19.4 Å². The van der Waals surface area contributed by atoms with Crippen LogP contribution in [-0.2, 0) is 20.8 Å². The number of hydrogen-bond acceptors (Lipinski definition) is 4. The predicted octanol–water partition coefficient (Wildman–Crippen LogP) is 2.09. The molecule has 0 N–H and O–H groups in total. The van der Waals surface area contributed by atoms with Crippen LogP contribution in [-0.4, -0.2) is 44.3 Å². The van der Waals surface area contributed by atoms with Crippen LogP contribution in [0.4, 0.5) is 0 Å². The van der Waals surface area contributed by atoms with Gasteiger partial charge in [-0.15, -0.1) is 0 Å². The molecule has 0 bridgehead atoms. The second kappa shape index (κ2) is 6.16. The zero-order chi connectivity index (χ0) is 14.7. The van der Waals surface area contributed by atoms with Gasteiger partial charge >= 0.3 is 5.97 Å². The van der Waals surface area contributed by atoms with Crippen LogP contribution in [0.25, 0.3) is 0 Å². The van der Waals surface area contributed by atoms with Gasteiger partial charge in [0.1, 0.15) is 0 Å². The molecule has 4 heteroatoms.